The molecule has 0 atom stereocenters. The number of aromatic nitrogens is 2. The van der Waals surface area contributed by atoms with Gasteiger partial charge in [-0.25, -0.2) is 9.97 Å². The molecule has 1 aliphatic heterocycles. The number of anilines is 2. The van der Waals surface area contributed by atoms with E-state index in [0.29, 0.717) is 5.95 Å². The number of carbonyl (C=O) groups is 1. The van der Waals surface area contributed by atoms with Crippen LogP contribution in [0.4, 0.5) is 24.8 Å². The van der Waals surface area contributed by atoms with Crippen molar-refractivity contribution in [2.75, 3.05) is 23.3 Å². The van der Waals surface area contributed by atoms with E-state index in [9.17, 15) is 18.0 Å². The lowest BCUT2D eigenvalue weighted by Crippen LogP contribution is -2.31. The van der Waals surface area contributed by atoms with Crippen LogP contribution in [0.3, 0.4) is 0 Å². The van der Waals surface area contributed by atoms with Gasteiger partial charge in [-0.05, 0) is 19.3 Å². The van der Waals surface area contributed by atoms with Gasteiger partial charge < -0.3 is 10.2 Å². The zero-order chi connectivity index (χ0) is 14.6. The van der Waals surface area contributed by atoms with Gasteiger partial charge in [-0.1, -0.05) is 0 Å². The SMILES string of the molecule is O=C(CC(F)(F)F)Nc1cnc(N2CCCCC2)nc1. The second kappa shape index (κ2) is 6.06. The predicted octanol–water partition coefficient (Wildman–Crippen LogP) is 2.36. The van der Waals surface area contributed by atoms with Crippen LogP contribution in [0.5, 0.6) is 0 Å². The third-order valence-electron chi connectivity index (χ3n) is 2.92. The second-order valence-electron chi connectivity index (χ2n) is 4.66. The summed E-state index contributed by atoms with van der Waals surface area (Å²) in [5.74, 6) is -0.578. The van der Waals surface area contributed by atoms with E-state index in [2.05, 4.69) is 15.3 Å². The second-order valence-corrected chi connectivity index (χ2v) is 4.66. The summed E-state index contributed by atoms with van der Waals surface area (Å²) in [6, 6.07) is 0. The Kier molecular flexibility index (Phi) is 4.41. The molecule has 1 fully saturated rings. The van der Waals surface area contributed by atoms with Crippen LogP contribution in [0.25, 0.3) is 0 Å². The van der Waals surface area contributed by atoms with E-state index in [1.54, 1.807) is 0 Å². The first-order valence-corrected chi connectivity index (χ1v) is 6.38. The number of rotatable bonds is 3. The minimum absolute atomic E-state index is 0.167. The molecule has 0 bridgehead atoms. The molecular formula is C12H15F3N4O. The summed E-state index contributed by atoms with van der Waals surface area (Å²) in [6.07, 6.45) is -0.0427. The Balaban J connectivity index is 1.92. The van der Waals surface area contributed by atoms with Gasteiger partial charge in [0.2, 0.25) is 11.9 Å². The molecule has 1 saturated heterocycles. The Labute approximate surface area is 114 Å². The van der Waals surface area contributed by atoms with E-state index in [0.717, 1.165) is 25.9 Å². The fourth-order valence-electron chi connectivity index (χ4n) is 2.03. The number of nitrogens with zero attached hydrogens (tertiary/aromatic N) is 3. The lowest BCUT2D eigenvalue weighted by atomic mass is 10.1. The van der Waals surface area contributed by atoms with Gasteiger partial charge in [0.25, 0.3) is 0 Å². The molecule has 0 unspecified atom stereocenters. The van der Waals surface area contributed by atoms with E-state index in [-0.39, 0.29) is 5.69 Å². The summed E-state index contributed by atoms with van der Waals surface area (Å²) in [5, 5.41) is 2.13. The van der Waals surface area contributed by atoms with Gasteiger partial charge in [-0.3, -0.25) is 4.79 Å². The standard InChI is InChI=1S/C12H15F3N4O/c13-12(14,15)6-10(20)18-9-7-16-11(17-8-9)19-4-2-1-3-5-19/h7-8H,1-6H2,(H,18,20). The Bertz CT molecular complexity index is 455. The lowest BCUT2D eigenvalue weighted by molar-refractivity contribution is -0.150. The van der Waals surface area contributed by atoms with Crippen molar-refractivity contribution in [1.82, 2.24) is 9.97 Å². The minimum atomic E-state index is -4.52. The third-order valence-corrected chi connectivity index (χ3v) is 2.92. The van der Waals surface area contributed by atoms with Crippen molar-refractivity contribution < 1.29 is 18.0 Å². The number of alkyl halides is 3. The van der Waals surface area contributed by atoms with Crippen LogP contribution in [0.2, 0.25) is 0 Å². The molecule has 0 radical (unpaired) electrons. The van der Waals surface area contributed by atoms with E-state index in [4.69, 9.17) is 0 Å². The van der Waals surface area contributed by atoms with Gasteiger partial charge >= 0.3 is 6.18 Å². The molecule has 20 heavy (non-hydrogen) atoms. The van der Waals surface area contributed by atoms with Crippen molar-refractivity contribution in [3.8, 4) is 0 Å². The van der Waals surface area contributed by atoms with E-state index < -0.39 is 18.5 Å². The number of halogens is 3. The molecule has 2 rings (SSSR count). The molecular weight excluding hydrogens is 273 g/mol. The molecule has 1 N–H and O–H groups in total. The Hall–Kier alpha value is -1.86. The fourth-order valence-corrected chi connectivity index (χ4v) is 2.03. The number of piperidine rings is 1. The number of hydrogen-bond acceptors (Lipinski definition) is 4. The minimum Gasteiger partial charge on any atom is -0.341 e. The van der Waals surface area contributed by atoms with Gasteiger partial charge in [0.05, 0.1) is 18.1 Å². The highest BCUT2D eigenvalue weighted by atomic mass is 19.4. The molecule has 0 aliphatic carbocycles. The molecule has 1 aromatic rings. The highest BCUT2D eigenvalue weighted by Gasteiger charge is 2.31. The predicted molar refractivity (Wildman–Crippen MR) is 67.4 cm³/mol. The van der Waals surface area contributed by atoms with Crippen LogP contribution in [-0.4, -0.2) is 35.1 Å². The molecule has 8 heteroatoms. The van der Waals surface area contributed by atoms with Gasteiger partial charge in [-0.15, -0.1) is 0 Å². The average molecular weight is 288 g/mol. The highest BCUT2D eigenvalue weighted by Crippen LogP contribution is 2.20. The van der Waals surface area contributed by atoms with Crippen LogP contribution >= 0.6 is 0 Å². The summed E-state index contributed by atoms with van der Waals surface area (Å²) in [5.41, 5.74) is 0.167. The molecule has 0 aromatic carbocycles. The number of amides is 1. The first-order chi connectivity index (χ1) is 9.44. The maximum atomic E-state index is 12.0. The molecule has 5 nitrogen and oxygen atoms in total. The normalized spacial score (nSPS) is 16.1. The van der Waals surface area contributed by atoms with E-state index in [1.165, 1.54) is 18.8 Å². The Morgan fingerprint density at radius 3 is 2.35 bits per heavy atom. The molecule has 0 saturated carbocycles. The maximum Gasteiger partial charge on any atom is 0.397 e. The Morgan fingerprint density at radius 2 is 1.80 bits per heavy atom. The van der Waals surface area contributed by atoms with Crippen LogP contribution in [0, 0.1) is 0 Å². The zero-order valence-electron chi connectivity index (χ0n) is 10.8. The van der Waals surface area contributed by atoms with Crippen molar-refractivity contribution in [3.63, 3.8) is 0 Å². The van der Waals surface area contributed by atoms with Crippen molar-refractivity contribution >= 4 is 17.5 Å². The summed E-state index contributed by atoms with van der Waals surface area (Å²) < 4.78 is 36.1. The average Bonchev–Trinajstić information content (AvgIpc) is 2.38. The van der Waals surface area contributed by atoms with Crippen molar-refractivity contribution in [2.24, 2.45) is 0 Å². The van der Waals surface area contributed by atoms with Crippen molar-refractivity contribution in [1.29, 1.82) is 0 Å². The molecule has 1 aromatic heterocycles. The highest BCUT2D eigenvalue weighted by molar-refractivity contribution is 5.90. The molecule has 1 aliphatic rings. The topological polar surface area (TPSA) is 58.1 Å². The van der Waals surface area contributed by atoms with Crippen LogP contribution in [0.1, 0.15) is 25.7 Å². The number of hydrogen-bond donors (Lipinski definition) is 1. The molecule has 1 amide bonds. The van der Waals surface area contributed by atoms with Crippen LogP contribution in [0.15, 0.2) is 12.4 Å². The molecule has 2 heterocycles. The first kappa shape index (κ1) is 14.5. The molecule has 110 valence electrons. The summed E-state index contributed by atoms with van der Waals surface area (Å²) in [6.45, 7) is 1.75. The first-order valence-electron chi connectivity index (χ1n) is 6.38. The summed E-state index contributed by atoms with van der Waals surface area (Å²) >= 11 is 0. The summed E-state index contributed by atoms with van der Waals surface area (Å²) in [7, 11) is 0. The van der Waals surface area contributed by atoms with Crippen LogP contribution in [-0.2, 0) is 4.79 Å². The van der Waals surface area contributed by atoms with Crippen LogP contribution < -0.4 is 10.2 Å². The van der Waals surface area contributed by atoms with Crippen molar-refractivity contribution in [2.45, 2.75) is 31.9 Å². The smallest absolute Gasteiger partial charge is 0.341 e. The fraction of sp³-hybridized carbons (Fsp3) is 0.583. The summed E-state index contributed by atoms with van der Waals surface area (Å²) in [4.78, 5) is 21.3. The van der Waals surface area contributed by atoms with E-state index >= 15 is 0 Å². The Morgan fingerprint density at radius 1 is 1.20 bits per heavy atom. The monoisotopic (exact) mass is 288 g/mol. The van der Waals surface area contributed by atoms with E-state index in [1.807, 2.05) is 4.90 Å². The third kappa shape index (κ3) is 4.36. The zero-order valence-corrected chi connectivity index (χ0v) is 10.8. The van der Waals surface area contributed by atoms with Crippen molar-refractivity contribution in [3.05, 3.63) is 12.4 Å². The molecule has 0 spiro atoms. The number of carbonyl (C=O) groups excluding carboxylic acids is 1. The maximum absolute atomic E-state index is 12.0. The van der Waals surface area contributed by atoms with Gasteiger partial charge in [0.15, 0.2) is 0 Å². The number of nitrogens with one attached hydrogen (secondary N) is 1. The van der Waals surface area contributed by atoms with Gasteiger partial charge in [0, 0.05) is 13.1 Å². The van der Waals surface area contributed by atoms with Gasteiger partial charge in [0.1, 0.15) is 6.42 Å². The largest absolute Gasteiger partial charge is 0.397 e. The van der Waals surface area contributed by atoms with Gasteiger partial charge in [-0.2, -0.15) is 13.2 Å². The quantitative estimate of drug-likeness (QED) is 0.927. The lowest BCUT2D eigenvalue weighted by Gasteiger charge is -2.26.